The average Bonchev–Trinajstić information content (AvgIpc) is 2.64. The second-order valence-corrected chi connectivity index (χ2v) is 5.29. The largest absolute Gasteiger partial charge is 0.227 e. The molecule has 0 fully saturated rings. The van der Waals surface area contributed by atoms with E-state index in [-0.39, 0.29) is 0 Å². The van der Waals surface area contributed by atoms with E-state index in [2.05, 4.69) is 15.2 Å². The molecule has 2 aromatic carbocycles. The summed E-state index contributed by atoms with van der Waals surface area (Å²) >= 11 is 0. The molecule has 0 radical (unpaired) electrons. The van der Waals surface area contributed by atoms with Crippen LogP contribution in [0.4, 0.5) is 0 Å². The maximum absolute atomic E-state index is 9.30. The Morgan fingerprint density at radius 2 is 1.50 bits per heavy atom. The zero-order chi connectivity index (χ0) is 16.9. The Labute approximate surface area is 139 Å². The molecule has 0 aliphatic carbocycles. The lowest BCUT2D eigenvalue weighted by molar-refractivity contribution is 0.910. The van der Waals surface area contributed by atoms with Gasteiger partial charge in [-0.3, -0.25) is 0 Å². The van der Waals surface area contributed by atoms with Crippen LogP contribution in [-0.4, -0.2) is 15.2 Å². The Hall–Kier alpha value is -3.57. The van der Waals surface area contributed by atoms with E-state index in [0.29, 0.717) is 17.2 Å². The van der Waals surface area contributed by atoms with Gasteiger partial charge < -0.3 is 0 Å². The van der Waals surface area contributed by atoms with Crippen LogP contribution in [0.25, 0.3) is 22.6 Å². The molecule has 5 heteroatoms. The number of nitrogens with zero attached hydrogens (tertiary/aromatic N) is 5. The van der Waals surface area contributed by atoms with Crippen molar-refractivity contribution in [2.45, 2.75) is 12.8 Å². The smallest absolute Gasteiger partial charge is 0.182 e. The third-order valence-electron chi connectivity index (χ3n) is 3.60. The molecule has 24 heavy (non-hydrogen) atoms. The van der Waals surface area contributed by atoms with E-state index in [0.717, 1.165) is 16.7 Å². The van der Waals surface area contributed by atoms with E-state index in [4.69, 9.17) is 0 Å². The first kappa shape index (κ1) is 15.3. The first-order chi connectivity index (χ1) is 11.7. The van der Waals surface area contributed by atoms with E-state index >= 15 is 0 Å². The normalized spacial score (nSPS) is 10.2. The summed E-state index contributed by atoms with van der Waals surface area (Å²) in [5, 5.41) is 27.0. The summed E-state index contributed by atoms with van der Waals surface area (Å²) in [6.45, 7) is 1.99. The number of benzene rings is 2. The highest BCUT2D eigenvalue weighted by atomic mass is 15.2. The molecule has 0 saturated carbocycles. The van der Waals surface area contributed by atoms with Crippen molar-refractivity contribution >= 4 is 0 Å². The molecule has 0 saturated heterocycles. The molecule has 1 aromatic heterocycles. The van der Waals surface area contributed by atoms with Crippen molar-refractivity contribution in [3.8, 4) is 34.8 Å². The predicted molar refractivity (Wildman–Crippen MR) is 89.4 cm³/mol. The summed E-state index contributed by atoms with van der Waals surface area (Å²) in [7, 11) is 0. The minimum atomic E-state index is -1.00. The molecule has 0 spiro atoms. The first-order valence-electron chi connectivity index (χ1n) is 7.39. The Bertz CT molecular complexity index is 920. The number of rotatable bonds is 3. The standard InChI is InChI=1S/C19H13N5/c1-13-7-9-14(10-8-13)18-17(16(11-20)12-21)22-19(24-23-18)15-5-3-2-4-6-15/h2-10,16H,1H3. The van der Waals surface area contributed by atoms with Crippen LogP contribution in [0, 0.1) is 29.6 Å². The molecule has 1 heterocycles. The van der Waals surface area contributed by atoms with Crippen molar-refractivity contribution in [1.29, 1.82) is 10.5 Å². The van der Waals surface area contributed by atoms with Gasteiger partial charge in [-0.2, -0.15) is 10.5 Å². The lowest BCUT2D eigenvalue weighted by Crippen LogP contribution is -2.06. The Morgan fingerprint density at radius 1 is 0.833 bits per heavy atom. The second-order valence-electron chi connectivity index (χ2n) is 5.29. The van der Waals surface area contributed by atoms with E-state index in [1.807, 2.05) is 73.7 Å². The summed E-state index contributed by atoms with van der Waals surface area (Å²) in [6, 6.07) is 21.0. The van der Waals surface area contributed by atoms with Crippen molar-refractivity contribution in [1.82, 2.24) is 15.2 Å². The van der Waals surface area contributed by atoms with Crippen LogP contribution in [0.1, 0.15) is 17.2 Å². The molecule has 0 unspecified atom stereocenters. The number of aromatic nitrogens is 3. The number of hydrogen-bond acceptors (Lipinski definition) is 5. The minimum absolute atomic E-state index is 0.331. The van der Waals surface area contributed by atoms with Crippen LogP contribution in [0.2, 0.25) is 0 Å². The molecular weight excluding hydrogens is 298 g/mol. The van der Waals surface area contributed by atoms with Crippen molar-refractivity contribution in [2.75, 3.05) is 0 Å². The molecule has 0 bridgehead atoms. The van der Waals surface area contributed by atoms with Crippen molar-refractivity contribution < 1.29 is 0 Å². The molecule has 0 aliphatic rings. The van der Waals surface area contributed by atoms with Crippen LogP contribution in [0.5, 0.6) is 0 Å². The van der Waals surface area contributed by atoms with Gasteiger partial charge in [-0.15, -0.1) is 10.2 Å². The molecule has 0 aliphatic heterocycles. The van der Waals surface area contributed by atoms with E-state index in [1.165, 1.54) is 0 Å². The molecule has 3 aromatic rings. The van der Waals surface area contributed by atoms with Crippen LogP contribution >= 0.6 is 0 Å². The highest BCUT2D eigenvalue weighted by molar-refractivity contribution is 5.65. The van der Waals surface area contributed by atoms with Gasteiger partial charge in [0.2, 0.25) is 0 Å². The fourth-order valence-electron chi connectivity index (χ4n) is 2.32. The molecule has 0 amide bonds. The SMILES string of the molecule is Cc1ccc(-c2nnc(-c3ccccc3)nc2C(C#N)C#N)cc1. The summed E-state index contributed by atoms with van der Waals surface area (Å²) in [6.07, 6.45) is 0. The van der Waals surface area contributed by atoms with Crippen molar-refractivity contribution in [3.63, 3.8) is 0 Å². The number of aryl methyl sites for hydroxylation is 1. The van der Waals surface area contributed by atoms with Crippen LogP contribution in [0.15, 0.2) is 54.6 Å². The molecule has 0 N–H and O–H groups in total. The van der Waals surface area contributed by atoms with Crippen LogP contribution < -0.4 is 0 Å². The fourth-order valence-corrected chi connectivity index (χ4v) is 2.32. The maximum atomic E-state index is 9.30. The lowest BCUT2D eigenvalue weighted by atomic mass is 10.0. The van der Waals surface area contributed by atoms with E-state index in [9.17, 15) is 10.5 Å². The van der Waals surface area contributed by atoms with E-state index < -0.39 is 5.92 Å². The average molecular weight is 311 g/mol. The van der Waals surface area contributed by atoms with E-state index in [1.54, 1.807) is 0 Å². The predicted octanol–water partition coefficient (Wildman–Crippen LogP) is 3.64. The fraction of sp³-hybridized carbons (Fsp3) is 0.105. The molecule has 114 valence electrons. The van der Waals surface area contributed by atoms with Gasteiger partial charge in [0, 0.05) is 11.1 Å². The van der Waals surface area contributed by atoms with Gasteiger partial charge >= 0.3 is 0 Å². The summed E-state index contributed by atoms with van der Waals surface area (Å²) < 4.78 is 0. The van der Waals surface area contributed by atoms with Gasteiger partial charge in [0.15, 0.2) is 11.7 Å². The molecule has 3 rings (SSSR count). The molecule has 0 atom stereocenters. The minimum Gasteiger partial charge on any atom is -0.227 e. The van der Waals surface area contributed by atoms with Crippen LogP contribution in [0.3, 0.4) is 0 Å². The third kappa shape index (κ3) is 2.97. The zero-order valence-electron chi connectivity index (χ0n) is 13.0. The number of nitriles is 2. The Balaban J connectivity index is 2.18. The highest BCUT2D eigenvalue weighted by Gasteiger charge is 2.20. The topological polar surface area (TPSA) is 86.2 Å². The second kappa shape index (κ2) is 6.68. The summed E-state index contributed by atoms with van der Waals surface area (Å²) in [5.41, 5.74) is 3.47. The summed E-state index contributed by atoms with van der Waals surface area (Å²) in [4.78, 5) is 4.47. The Kier molecular flexibility index (Phi) is 4.27. The highest BCUT2D eigenvalue weighted by Crippen LogP contribution is 2.27. The van der Waals surface area contributed by atoms with Gasteiger partial charge in [0.05, 0.1) is 12.1 Å². The molecule has 5 nitrogen and oxygen atoms in total. The third-order valence-corrected chi connectivity index (χ3v) is 3.60. The van der Waals surface area contributed by atoms with Gasteiger partial charge in [-0.05, 0) is 6.92 Å². The monoisotopic (exact) mass is 311 g/mol. The quantitative estimate of drug-likeness (QED) is 0.737. The zero-order valence-corrected chi connectivity index (χ0v) is 13.0. The maximum Gasteiger partial charge on any atom is 0.182 e. The molecular formula is C19H13N5. The van der Waals surface area contributed by atoms with Crippen molar-refractivity contribution in [3.05, 3.63) is 65.9 Å². The lowest BCUT2D eigenvalue weighted by Gasteiger charge is -2.09. The van der Waals surface area contributed by atoms with Gasteiger partial charge in [0.25, 0.3) is 0 Å². The van der Waals surface area contributed by atoms with Gasteiger partial charge in [-0.1, -0.05) is 60.2 Å². The van der Waals surface area contributed by atoms with Gasteiger partial charge in [-0.25, -0.2) is 4.98 Å². The summed E-state index contributed by atoms with van der Waals surface area (Å²) in [5.74, 6) is -0.601. The van der Waals surface area contributed by atoms with Crippen molar-refractivity contribution in [2.24, 2.45) is 0 Å². The van der Waals surface area contributed by atoms with Crippen LogP contribution in [-0.2, 0) is 0 Å². The first-order valence-corrected chi connectivity index (χ1v) is 7.39. The number of hydrogen-bond donors (Lipinski definition) is 0. The Morgan fingerprint density at radius 3 is 2.12 bits per heavy atom. The van der Waals surface area contributed by atoms with Gasteiger partial charge in [0.1, 0.15) is 11.4 Å².